The van der Waals surface area contributed by atoms with Gasteiger partial charge in [-0.15, -0.1) is 0 Å². The summed E-state index contributed by atoms with van der Waals surface area (Å²) < 4.78 is 10.4. The molecule has 3 saturated carbocycles. The van der Waals surface area contributed by atoms with Gasteiger partial charge >= 0.3 is 5.97 Å². The molecule has 1 heterocycles. The van der Waals surface area contributed by atoms with Crippen molar-refractivity contribution in [1.82, 2.24) is 0 Å². The molecule has 5 rings (SSSR count). The predicted molar refractivity (Wildman–Crippen MR) is 128 cm³/mol. The quantitative estimate of drug-likeness (QED) is 0.265. The number of hydrogen-bond acceptors (Lipinski definition) is 10. The standard InChI is InChI=1S/C27H36O11/c1-25-7-5-13(28)9-12(25)3-4-14-15-6-8-27(36,26(15,2)10-16(29)18(14)25)17(30)11-37-24-21(33)19(31)20(32)22(38-24)23(34)35/h5,7,9,14-16,18-22,24,29,31-33,36H,3-4,6,8,10-11H2,1-2H3,(H,34,35)/t14-,15-,16-,18+,19-,20-,21+,22-,24+,25-,26-,27-/m0/s1. The fourth-order valence-corrected chi connectivity index (χ4v) is 8.26. The Hall–Kier alpha value is -1.99. The van der Waals surface area contributed by atoms with E-state index in [1.165, 1.54) is 0 Å². The SMILES string of the molecule is C[C@]12C=CC(=O)C=C1CC[C@@H]1[C@@H]2[C@@H](O)C[C@@]2(C)[C@H]1CC[C@]2(O)C(=O)CO[C@@H]1O[C@H](C(=O)O)[C@@H](O)[C@H](O)[C@H]1O. The molecule has 5 aliphatic rings. The number of aliphatic hydroxyl groups is 5. The van der Waals surface area contributed by atoms with Crippen LogP contribution in [0.2, 0.25) is 0 Å². The van der Waals surface area contributed by atoms with E-state index in [1.54, 1.807) is 12.2 Å². The topological polar surface area (TPSA) is 191 Å². The molecule has 0 bridgehead atoms. The summed E-state index contributed by atoms with van der Waals surface area (Å²) in [5.41, 5.74) is -2.29. The summed E-state index contributed by atoms with van der Waals surface area (Å²) in [6, 6.07) is 0. The molecule has 11 heteroatoms. The van der Waals surface area contributed by atoms with E-state index in [0.29, 0.717) is 12.8 Å². The van der Waals surface area contributed by atoms with Crippen molar-refractivity contribution in [2.75, 3.05) is 6.61 Å². The van der Waals surface area contributed by atoms with Gasteiger partial charge in [0.15, 0.2) is 24.0 Å². The highest BCUT2D eigenvalue weighted by Gasteiger charge is 2.68. The summed E-state index contributed by atoms with van der Waals surface area (Å²) in [6.07, 6.45) is -2.60. The summed E-state index contributed by atoms with van der Waals surface area (Å²) in [6.45, 7) is 3.12. The third kappa shape index (κ3) is 3.86. The Kier molecular flexibility index (Phi) is 6.74. The molecule has 0 aromatic heterocycles. The maximum absolute atomic E-state index is 13.5. The maximum atomic E-state index is 13.5. The number of aliphatic hydroxyl groups excluding tert-OH is 4. The molecule has 0 amide bonds. The molecule has 1 aliphatic heterocycles. The summed E-state index contributed by atoms with van der Waals surface area (Å²) in [4.78, 5) is 36.8. The number of Topliss-reactive ketones (excluding diaryl/α,β-unsaturated/α-hetero) is 1. The highest BCUT2D eigenvalue weighted by molar-refractivity contribution is 6.01. The second kappa shape index (κ2) is 9.29. The van der Waals surface area contributed by atoms with E-state index in [-0.39, 0.29) is 36.4 Å². The van der Waals surface area contributed by atoms with Crippen molar-refractivity contribution in [1.29, 1.82) is 0 Å². The van der Waals surface area contributed by atoms with Gasteiger partial charge in [0.25, 0.3) is 0 Å². The smallest absolute Gasteiger partial charge is 0.335 e. The highest BCUT2D eigenvalue weighted by atomic mass is 16.7. The first-order valence-electron chi connectivity index (χ1n) is 13.2. The van der Waals surface area contributed by atoms with Gasteiger partial charge in [-0.3, -0.25) is 9.59 Å². The number of carboxylic acid groups (broad SMARTS) is 1. The first-order chi connectivity index (χ1) is 17.7. The van der Waals surface area contributed by atoms with Crippen molar-refractivity contribution in [3.05, 3.63) is 23.8 Å². The molecule has 6 N–H and O–H groups in total. The molecule has 11 nitrogen and oxygen atoms in total. The third-order valence-electron chi connectivity index (χ3n) is 10.3. The Balaban J connectivity index is 1.34. The zero-order chi connectivity index (χ0) is 27.8. The maximum Gasteiger partial charge on any atom is 0.335 e. The number of carbonyl (C=O) groups is 3. The molecule has 210 valence electrons. The highest BCUT2D eigenvalue weighted by Crippen LogP contribution is 2.67. The van der Waals surface area contributed by atoms with Gasteiger partial charge in [0, 0.05) is 16.7 Å². The first kappa shape index (κ1) is 27.6. The van der Waals surface area contributed by atoms with Crippen molar-refractivity contribution >= 4 is 17.5 Å². The molecule has 1 saturated heterocycles. The molecule has 0 aromatic rings. The van der Waals surface area contributed by atoms with E-state index in [2.05, 4.69) is 0 Å². The normalized spacial score (nSPS) is 50.0. The molecule has 0 unspecified atom stereocenters. The van der Waals surface area contributed by atoms with Gasteiger partial charge in [0.05, 0.1) is 6.10 Å². The third-order valence-corrected chi connectivity index (χ3v) is 10.3. The number of aliphatic carboxylic acids is 1. The van der Waals surface area contributed by atoms with Crippen LogP contribution < -0.4 is 0 Å². The lowest BCUT2D eigenvalue weighted by molar-refractivity contribution is -0.293. The average molecular weight is 537 g/mol. The van der Waals surface area contributed by atoms with Gasteiger partial charge in [0.2, 0.25) is 0 Å². The minimum atomic E-state index is -1.89. The number of hydrogen-bond donors (Lipinski definition) is 6. The lowest BCUT2D eigenvalue weighted by atomic mass is 9.46. The molecule has 0 radical (unpaired) electrons. The van der Waals surface area contributed by atoms with Crippen LogP contribution in [0.5, 0.6) is 0 Å². The zero-order valence-electron chi connectivity index (χ0n) is 21.4. The minimum Gasteiger partial charge on any atom is -0.479 e. The summed E-state index contributed by atoms with van der Waals surface area (Å²) in [5, 5.41) is 62.5. The van der Waals surface area contributed by atoms with Crippen LogP contribution in [0.3, 0.4) is 0 Å². The van der Waals surface area contributed by atoms with Crippen LogP contribution >= 0.6 is 0 Å². The first-order valence-corrected chi connectivity index (χ1v) is 13.2. The van der Waals surface area contributed by atoms with E-state index >= 15 is 0 Å². The van der Waals surface area contributed by atoms with Crippen molar-refractivity contribution in [2.24, 2.45) is 28.6 Å². The number of carbonyl (C=O) groups excluding carboxylic acids is 2. The van der Waals surface area contributed by atoms with Crippen LogP contribution in [-0.4, -0.2) is 97.2 Å². The second-order valence-electron chi connectivity index (χ2n) is 12.1. The summed E-state index contributed by atoms with van der Waals surface area (Å²) >= 11 is 0. The summed E-state index contributed by atoms with van der Waals surface area (Å²) in [5.74, 6) is -2.54. The van der Waals surface area contributed by atoms with E-state index in [1.807, 2.05) is 19.9 Å². The number of carboxylic acids is 1. The monoisotopic (exact) mass is 536 g/mol. The van der Waals surface area contributed by atoms with Crippen LogP contribution in [-0.2, 0) is 23.9 Å². The van der Waals surface area contributed by atoms with Crippen molar-refractivity contribution < 1.29 is 54.5 Å². The molecule has 0 spiro atoms. The second-order valence-corrected chi connectivity index (χ2v) is 12.1. The van der Waals surface area contributed by atoms with Crippen molar-refractivity contribution in [3.8, 4) is 0 Å². The average Bonchev–Trinajstić information content (AvgIpc) is 3.13. The molecule has 12 atom stereocenters. The van der Waals surface area contributed by atoms with Crippen LogP contribution in [0.1, 0.15) is 46.0 Å². The number of ether oxygens (including phenoxy) is 2. The van der Waals surface area contributed by atoms with Crippen molar-refractivity contribution in [2.45, 2.75) is 88.4 Å². The molecule has 0 aromatic carbocycles. The lowest BCUT2D eigenvalue weighted by Crippen LogP contribution is -2.62. The van der Waals surface area contributed by atoms with E-state index < -0.39 is 71.6 Å². The van der Waals surface area contributed by atoms with Crippen LogP contribution in [0.15, 0.2) is 23.8 Å². The van der Waals surface area contributed by atoms with Gasteiger partial charge in [-0.1, -0.05) is 25.5 Å². The number of allylic oxidation sites excluding steroid dienone is 4. The van der Waals surface area contributed by atoms with Gasteiger partial charge in [-0.2, -0.15) is 0 Å². The minimum absolute atomic E-state index is 0.0166. The van der Waals surface area contributed by atoms with Gasteiger partial charge in [-0.25, -0.2) is 4.79 Å². The lowest BCUT2D eigenvalue weighted by Gasteiger charge is -2.59. The Labute approximate surface area is 219 Å². The van der Waals surface area contributed by atoms with Crippen LogP contribution in [0, 0.1) is 28.6 Å². The molecule has 4 aliphatic carbocycles. The predicted octanol–water partition coefficient (Wildman–Crippen LogP) is -0.526. The van der Waals surface area contributed by atoms with E-state index in [0.717, 1.165) is 12.0 Å². The Morgan fingerprint density at radius 3 is 2.50 bits per heavy atom. The number of fused-ring (bicyclic) bond motifs is 5. The number of ketones is 2. The van der Waals surface area contributed by atoms with Gasteiger partial charge in [0.1, 0.15) is 30.5 Å². The fourth-order valence-electron chi connectivity index (χ4n) is 8.26. The zero-order valence-corrected chi connectivity index (χ0v) is 21.4. The van der Waals surface area contributed by atoms with E-state index in [9.17, 15) is 45.0 Å². The molecule has 4 fully saturated rings. The van der Waals surface area contributed by atoms with Crippen molar-refractivity contribution in [3.63, 3.8) is 0 Å². The van der Waals surface area contributed by atoms with Crippen LogP contribution in [0.25, 0.3) is 0 Å². The fraction of sp³-hybridized carbons (Fsp3) is 0.741. The van der Waals surface area contributed by atoms with Gasteiger partial charge in [-0.05, 0) is 56.1 Å². The molecular formula is C27H36O11. The Morgan fingerprint density at radius 2 is 1.82 bits per heavy atom. The molecular weight excluding hydrogens is 500 g/mol. The van der Waals surface area contributed by atoms with E-state index in [4.69, 9.17) is 9.47 Å². The Bertz CT molecular complexity index is 1080. The largest absolute Gasteiger partial charge is 0.479 e. The summed E-state index contributed by atoms with van der Waals surface area (Å²) in [7, 11) is 0. The van der Waals surface area contributed by atoms with Gasteiger partial charge < -0.3 is 40.1 Å². The Morgan fingerprint density at radius 1 is 1.11 bits per heavy atom. The number of rotatable bonds is 5. The van der Waals surface area contributed by atoms with Crippen LogP contribution in [0.4, 0.5) is 0 Å². The molecule has 38 heavy (non-hydrogen) atoms.